The first-order chi connectivity index (χ1) is 11.2. The minimum Gasteiger partial charge on any atom is -0.480 e. The molecular weight excluding hydrogens is 352 g/mol. The van der Waals surface area contributed by atoms with Gasteiger partial charge in [-0.2, -0.15) is 0 Å². The van der Waals surface area contributed by atoms with Gasteiger partial charge < -0.3 is 5.11 Å². The molecular formula is C20H39BrO2. The number of carboxylic acid groups (broad SMARTS) is 1. The number of hydrogen-bond acceptors (Lipinski definition) is 1. The lowest BCUT2D eigenvalue weighted by molar-refractivity contribution is -0.136. The molecule has 1 atom stereocenters. The number of rotatable bonds is 18. The van der Waals surface area contributed by atoms with E-state index in [9.17, 15) is 4.79 Å². The minimum absolute atomic E-state index is 0.353. The van der Waals surface area contributed by atoms with Gasteiger partial charge in [-0.1, -0.05) is 126 Å². The van der Waals surface area contributed by atoms with Crippen molar-refractivity contribution in [3.05, 3.63) is 0 Å². The van der Waals surface area contributed by atoms with Gasteiger partial charge in [0.15, 0.2) is 0 Å². The highest BCUT2D eigenvalue weighted by molar-refractivity contribution is 9.10. The molecule has 0 bridgehead atoms. The molecule has 2 nitrogen and oxygen atoms in total. The fourth-order valence-corrected chi connectivity index (χ4v) is 3.32. The van der Waals surface area contributed by atoms with Crippen molar-refractivity contribution in [1.82, 2.24) is 0 Å². The topological polar surface area (TPSA) is 37.3 Å². The third kappa shape index (κ3) is 18.1. The summed E-state index contributed by atoms with van der Waals surface area (Å²) >= 11 is 3.19. The molecule has 0 saturated carbocycles. The van der Waals surface area contributed by atoms with Crippen LogP contribution in [-0.2, 0) is 4.79 Å². The van der Waals surface area contributed by atoms with Crippen LogP contribution in [0.25, 0.3) is 0 Å². The largest absolute Gasteiger partial charge is 0.480 e. The maximum Gasteiger partial charge on any atom is 0.317 e. The maximum absolute atomic E-state index is 10.6. The van der Waals surface area contributed by atoms with E-state index in [1.165, 1.54) is 96.3 Å². The molecule has 0 aliphatic carbocycles. The molecule has 0 radical (unpaired) electrons. The molecule has 23 heavy (non-hydrogen) atoms. The normalized spacial score (nSPS) is 12.4. The smallest absolute Gasteiger partial charge is 0.317 e. The summed E-state index contributed by atoms with van der Waals surface area (Å²) in [6.45, 7) is 2.28. The molecule has 1 unspecified atom stereocenters. The number of carboxylic acids is 1. The van der Waals surface area contributed by atoms with Gasteiger partial charge in [-0.05, 0) is 6.42 Å². The zero-order valence-electron chi connectivity index (χ0n) is 15.3. The highest BCUT2D eigenvalue weighted by atomic mass is 79.9. The molecule has 0 fully saturated rings. The third-order valence-electron chi connectivity index (χ3n) is 4.58. The zero-order valence-corrected chi connectivity index (χ0v) is 16.9. The van der Waals surface area contributed by atoms with Gasteiger partial charge in [-0.15, -0.1) is 0 Å². The highest BCUT2D eigenvalue weighted by Crippen LogP contribution is 2.15. The minimum atomic E-state index is -0.731. The summed E-state index contributed by atoms with van der Waals surface area (Å²) in [5, 5.41) is 8.76. The van der Waals surface area contributed by atoms with Crippen molar-refractivity contribution in [3.8, 4) is 0 Å². The van der Waals surface area contributed by atoms with E-state index < -0.39 is 5.97 Å². The van der Waals surface area contributed by atoms with Crippen molar-refractivity contribution >= 4 is 21.9 Å². The van der Waals surface area contributed by atoms with E-state index >= 15 is 0 Å². The SMILES string of the molecule is CCCCCCCCCCCCCCCCCCC(Br)C(=O)O. The molecule has 0 rings (SSSR count). The summed E-state index contributed by atoms with van der Waals surface area (Å²) in [7, 11) is 0. The summed E-state index contributed by atoms with van der Waals surface area (Å²) in [4.78, 5) is 10.3. The predicted octanol–water partition coefficient (Wildman–Crippen LogP) is 7.49. The van der Waals surface area contributed by atoms with Crippen LogP contribution in [0.3, 0.4) is 0 Å². The predicted molar refractivity (Wildman–Crippen MR) is 105 cm³/mol. The van der Waals surface area contributed by atoms with Crippen molar-refractivity contribution in [3.63, 3.8) is 0 Å². The lowest BCUT2D eigenvalue weighted by atomic mass is 10.0. The van der Waals surface area contributed by atoms with E-state index in [1.54, 1.807) is 0 Å². The van der Waals surface area contributed by atoms with Gasteiger partial charge in [0.2, 0.25) is 0 Å². The van der Waals surface area contributed by atoms with Crippen LogP contribution in [0.15, 0.2) is 0 Å². The Bertz CT molecular complexity index is 256. The second-order valence-corrected chi connectivity index (χ2v) is 8.00. The van der Waals surface area contributed by atoms with Gasteiger partial charge in [0, 0.05) is 0 Å². The molecule has 0 aromatic heterocycles. The van der Waals surface area contributed by atoms with Gasteiger partial charge in [0.1, 0.15) is 4.83 Å². The molecule has 138 valence electrons. The van der Waals surface area contributed by atoms with E-state index in [2.05, 4.69) is 22.9 Å². The number of unbranched alkanes of at least 4 members (excludes halogenated alkanes) is 15. The Labute approximate surface area is 152 Å². The lowest BCUT2D eigenvalue weighted by Gasteiger charge is -2.05. The second kappa shape index (κ2) is 18.3. The van der Waals surface area contributed by atoms with Crippen LogP contribution in [0.5, 0.6) is 0 Å². The van der Waals surface area contributed by atoms with Crippen LogP contribution in [-0.4, -0.2) is 15.9 Å². The van der Waals surface area contributed by atoms with Crippen LogP contribution in [0, 0.1) is 0 Å². The Morgan fingerprint density at radius 2 is 1.00 bits per heavy atom. The Hall–Kier alpha value is -0.0500. The molecule has 0 saturated heterocycles. The molecule has 3 heteroatoms. The second-order valence-electron chi connectivity index (χ2n) is 6.90. The first-order valence-corrected chi connectivity index (χ1v) is 11.0. The fourth-order valence-electron chi connectivity index (χ4n) is 3.00. The van der Waals surface area contributed by atoms with E-state index in [-0.39, 0.29) is 4.83 Å². The van der Waals surface area contributed by atoms with Gasteiger partial charge in [0.05, 0.1) is 0 Å². The Balaban J connectivity index is 3.04. The quantitative estimate of drug-likeness (QED) is 0.194. The van der Waals surface area contributed by atoms with Gasteiger partial charge in [-0.3, -0.25) is 4.79 Å². The highest BCUT2D eigenvalue weighted by Gasteiger charge is 2.11. The van der Waals surface area contributed by atoms with Crippen molar-refractivity contribution in [2.45, 2.75) is 121 Å². The Kier molecular flexibility index (Phi) is 18.3. The summed E-state index contributed by atoms with van der Waals surface area (Å²) in [6, 6.07) is 0. The molecule has 0 spiro atoms. The Morgan fingerprint density at radius 1 is 0.696 bits per heavy atom. The van der Waals surface area contributed by atoms with E-state index in [0.29, 0.717) is 0 Å². The number of halogens is 1. The number of hydrogen-bond donors (Lipinski definition) is 1. The molecule has 0 aromatic carbocycles. The maximum atomic E-state index is 10.6. The van der Waals surface area contributed by atoms with E-state index in [0.717, 1.165) is 12.8 Å². The standard InChI is InChI=1S/C20H39BrO2/c1-2-3-4-5-6-7-8-9-10-11-12-13-14-15-16-17-18-19(21)20(22)23/h19H,2-18H2,1H3,(H,22,23). The van der Waals surface area contributed by atoms with E-state index in [4.69, 9.17) is 5.11 Å². The number of carbonyl (C=O) groups is 1. The summed E-state index contributed by atoms with van der Waals surface area (Å²) in [5.74, 6) is -0.731. The molecule has 0 aromatic rings. The molecule has 0 heterocycles. The van der Waals surface area contributed by atoms with E-state index in [1.807, 2.05) is 0 Å². The zero-order chi connectivity index (χ0) is 17.2. The molecule has 0 aliphatic heterocycles. The molecule has 0 amide bonds. The summed E-state index contributed by atoms with van der Waals surface area (Å²) < 4.78 is 0. The number of aliphatic carboxylic acids is 1. The van der Waals surface area contributed by atoms with Crippen molar-refractivity contribution in [2.24, 2.45) is 0 Å². The fraction of sp³-hybridized carbons (Fsp3) is 0.950. The van der Waals surface area contributed by atoms with Crippen LogP contribution in [0.4, 0.5) is 0 Å². The van der Waals surface area contributed by atoms with Gasteiger partial charge in [0.25, 0.3) is 0 Å². The summed E-state index contributed by atoms with van der Waals surface area (Å²) in [6.07, 6.45) is 22.5. The van der Waals surface area contributed by atoms with Crippen molar-refractivity contribution in [1.29, 1.82) is 0 Å². The van der Waals surface area contributed by atoms with Gasteiger partial charge >= 0.3 is 5.97 Å². The average molecular weight is 391 g/mol. The monoisotopic (exact) mass is 390 g/mol. The number of alkyl halides is 1. The van der Waals surface area contributed by atoms with Crippen LogP contribution in [0.1, 0.15) is 116 Å². The van der Waals surface area contributed by atoms with Crippen molar-refractivity contribution in [2.75, 3.05) is 0 Å². The Morgan fingerprint density at radius 3 is 1.30 bits per heavy atom. The third-order valence-corrected chi connectivity index (χ3v) is 5.43. The van der Waals surface area contributed by atoms with Gasteiger partial charge in [-0.25, -0.2) is 0 Å². The van der Waals surface area contributed by atoms with Crippen LogP contribution in [0.2, 0.25) is 0 Å². The molecule has 1 N–H and O–H groups in total. The average Bonchev–Trinajstić information content (AvgIpc) is 2.54. The first-order valence-electron chi connectivity index (χ1n) is 10.0. The van der Waals surface area contributed by atoms with Crippen molar-refractivity contribution < 1.29 is 9.90 Å². The molecule has 0 aliphatic rings. The van der Waals surface area contributed by atoms with Crippen LogP contribution < -0.4 is 0 Å². The first kappa shape index (κ1) is 22.9. The van der Waals surface area contributed by atoms with Crippen LogP contribution >= 0.6 is 15.9 Å². The lowest BCUT2D eigenvalue weighted by Crippen LogP contribution is -2.11. The summed E-state index contributed by atoms with van der Waals surface area (Å²) in [5.41, 5.74) is 0.